The van der Waals surface area contributed by atoms with E-state index in [2.05, 4.69) is 5.32 Å². The first kappa shape index (κ1) is 19.6. The maximum Gasteiger partial charge on any atom is 0.254 e. The van der Waals surface area contributed by atoms with Crippen LogP contribution in [0.15, 0.2) is 36.4 Å². The Bertz CT molecular complexity index is 806. The van der Waals surface area contributed by atoms with Crippen LogP contribution >= 0.6 is 11.6 Å². The standard InChI is InChI=1S/C19H21ClN2O4/c1-12-5-7-14(8-6-12)21-17(23)11-22(2)19(24)13-9-15(20)18(26-4)16(10-13)25-3/h5-10H,11H2,1-4H3,(H,21,23). The molecule has 2 amide bonds. The van der Waals surface area contributed by atoms with Crippen LogP contribution in [-0.4, -0.2) is 44.5 Å². The van der Waals surface area contributed by atoms with Crippen LogP contribution in [0.25, 0.3) is 0 Å². The number of methoxy groups -OCH3 is 2. The summed E-state index contributed by atoms with van der Waals surface area (Å²) in [5, 5.41) is 3.01. The molecule has 0 radical (unpaired) electrons. The van der Waals surface area contributed by atoms with E-state index < -0.39 is 0 Å². The molecule has 0 bridgehead atoms. The summed E-state index contributed by atoms with van der Waals surface area (Å²) in [4.78, 5) is 26.1. The monoisotopic (exact) mass is 376 g/mol. The molecule has 0 aliphatic carbocycles. The van der Waals surface area contributed by atoms with Crippen LogP contribution in [0.5, 0.6) is 11.5 Å². The molecule has 138 valence electrons. The molecule has 2 aromatic carbocycles. The second-order valence-electron chi connectivity index (χ2n) is 5.77. The van der Waals surface area contributed by atoms with Gasteiger partial charge < -0.3 is 19.7 Å². The van der Waals surface area contributed by atoms with E-state index >= 15 is 0 Å². The van der Waals surface area contributed by atoms with Crippen molar-refractivity contribution in [1.82, 2.24) is 4.90 Å². The van der Waals surface area contributed by atoms with E-state index in [-0.39, 0.29) is 23.4 Å². The largest absolute Gasteiger partial charge is 0.493 e. The van der Waals surface area contributed by atoms with Gasteiger partial charge in [0.1, 0.15) is 0 Å². The summed E-state index contributed by atoms with van der Waals surface area (Å²) in [6.45, 7) is 1.87. The minimum Gasteiger partial charge on any atom is -0.493 e. The van der Waals surface area contributed by atoms with Gasteiger partial charge in [0, 0.05) is 18.3 Å². The molecule has 26 heavy (non-hydrogen) atoms. The molecule has 0 aliphatic heterocycles. The molecular weight excluding hydrogens is 356 g/mol. The van der Waals surface area contributed by atoms with Crippen molar-refractivity contribution in [3.05, 3.63) is 52.5 Å². The maximum absolute atomic E-state index is 12.6. The second-order valence-corrected chi connectivity index (χ2v) is 6.18. The van der Waals surface area contributed by atoms with Crippen LogP contribution in [0.1, 0.15) is 15.9 Å². The summed E-state index contributed by atoms with van der Waals surface area (Å²) in [7, 11) is 4.47. The number of benzene rings is 2. The van der Waals surface area contributed by atoms with Crippen molar-refractivity contribution in [2.45, 2.75) is 6.92 Å². The minimum absolute atomic E-state index is 0.0985. The van der Waals surface area contributed by atoms with Gasteiger partial charge in [0.2, 0.25) is 5.91 Å². The molecule has 0 aromatic heterocycles. The normalized spacial score (nSPS) is 10.2. The van der Waals surface area contributed by atoms with Gasteiger partial charge in [0.25, 0.3) is 5.91 Å². The number of halogens is 1. The Morgan fingerprint density at radius 2 is 1.77 bits per heavy atom. The third-order valence-corrected chi connectivity index (χ3v) is 4.02. The summed E-state index contributed by atoms with van der Waals surface area (Å²) in [5.41, 5.74) is 2.08. The van der Waals surface area contributed by atoms with Crippen LogP contribution in [-0.2, 0) is 4.79 Å². The molecule has 0 heterocycles. The summed E-state index contributed by atoms with van der Waals surface area (Å²) in [6, 6.07) is 10.4. The average Bonchev–Trinajstić information content (AvgIpc) is 2.62. The van der Waals surface area contributed by atoms with E-state index in [1.54, 1.807) is 7.05 Å². The van der Waals surface area contributed by atoms with Crippen molar-refractivity contribution in [3.63, 3.8) is 0 Å². The van der Waals surface area contributed by atoms with Crippen LogP contribution in [0.2, 0.25) is 5.02 Å². The Hall–Kier alpha value is -2.73. The molecule has 2 rings (SSSR count). The summed E-state index contributed by atoms with van der Waals surface area (Å²) >= 11 is 6.13. The number of amides is 2. The molecule has 1 N–H and O–H groups in total. The highest BCUT2D eigenvalue weighted by atomic mass is 35.5. The van der Waals surface area contributed by atoms with Gasteiger partial charge in [-0.25, -0.2) is 0 Å². The SMILES string of the molecule is COc1cc(C(=O)N(C)CC(=O)Nc2ccc(C)cc2)cc(Cl)c1OC. The molecule has 0 spiro atoms. The van der Waals surface area contributed by atoms with Crippen molar-refractivity contribution in [3.8, 4) is 11.5 Å². The Morgan fingerprint density at radius 3 is 2.35 bits per heavy atom. The number of hydrogen-bond donors (Lipinski definition) is 1. The summed E-state index contributed by atoms with van der Waals surface area (Å²) in [6.07, 6.45) is 0. The first-order chi connectivity index (χ1) is 12.3. The number of aryl methyl sites for hydroxylation is 1. The fourth-order valence-electron chi connectivity index (χ4n) is 2.39. The molecule has 6 nitrogen and oxygen atoms in total. The molecule has 0 fully saturated rings. The zero-order valence-corrected chi connectivity index (χ0v) is 15.9. The highest BCUT2D eigenvalue weighted by molar-refractivity contribution is 6.32. The Kier molecular flexibility index (Phi) is 6.46. The van der Waals surface area contributed by atoms with Crippen LogP contribution in [0.3, 0.4) is 0 Å². The molecule has 2 aromatic rings. The Labute approximate surface area is 157 Å². The molecular formula is C19H21ClN2O4. The molecule has 0 aliphatic rings. The Balaban J connectivity index is 2.08. The van der Waals surface area contributed by atoms with Crippen LogP contribution in [0, 0.1) is 6.92 Å². The van der Waals surface area contributed by atoms with Gasteiger partial charge in [0.15, 0.2) is 11.5 Å². The lowest BCUT2D eigenvalue weighted by Gasteiger charge is -2.18. The summed E-state index contributed by atoms with van der Waals surface area (Å²) in [5.74, 6) is 0.0505. The number of nitrogens with one attached hydrogen (secondary N) is 1. The van der Waals surface area contributed by atoms with E-state index in [9.17, 15) is 9.59 Å². The lowest BCUT2D eigenvalue weighted by molar-refractivity contribution is -0.116. The van der Waals surface area contributed by atoms with Gasteiger partial charge in [0.05, 0.1) is 25.8 Å². The van der Waals surface area contributed by atoms with E-state index in [0.29, 0.717) is 22.7 Å². The highest BCUT2D eigenvalue weighted by Gasteiger charge is 2.19. The second kappa shape index (κ2) is 8.58. The lowest BCUT2D eigenvalue weighted by Crippen LogP contribution is -2.35. The van der Waals surface area contributed by atoms with Gasteiger partial charge >= 0.3 is 0 Å². The smallest absolute Gasteiger partial charge is 0.254 e. The predicted molar refractivity (Wildman–Crippen MR) is 101 cm³/mol. The average molecular weight is 377 g/mol. The quantitative estimate of drug-likeness (QED) is 0.839. The van der Waals surface area contributed by atoms with Gasteiger partial charge in [-0.2, -0.15) is 0 Å². The van der Waals surface area contributed by atoms with E-state index in [0.717, 1.165) is 5.56 Å². The zero-order chi connectivity index (χ0) is 19.3. The first-order valence-corrected chi connectivity index (χ1v) is 8.27. The van der Waals surface area contributed by atoms with Crippen LogP contribution in [0.4, 0.5) is 5.69 Å². The van der Waals surface area contributed by atoms with Crippen molar-refractivity contribution in [2.75, 3.05) is 33.1 Å². The number of carbonyl (C=O) groups is 2. The van der Waals surface area contributed by atoms with Crippen molar-refractivity contribution < 1.29 is 19.1 Å². The lowest BCUT2D eigenvalue weighted by atomic mass is 10.1. The third kappa shape index (κ3) is 4.67. The molecule has 0 saturated carbocycles. The molecule has 0 unspecified atom stereocenters. The predicted octanol–water partition coefficient (Wildman–Crippen LogP) is 3.38. The fourth-order valence-corrected chi connectivity index (χ4v) is 2.67. The van der Waals surface area contributed by atoms with Crippen molar-refractivity contribution in [2.24, 2.45) is 0 Å². The Morgan fingerprint density at radius 1 is 1.12 bits per heavy atom. The van der Waals surface area contributed by atoms with Crippen LogP contribution < -0.4 is 14.8 Å². The first-order valence-electron chi connectivity index (χ1n) is 7.89. The minimum atomic E-state index is -0.355. The number of ether oxygens (including phenoxy) is 2. The highest BCUT2D eigenvalue weighted by Crippen LogP contribution is 2.36. The maximum atomic E-state index is 12.6. The molecule has 0 saturated heterocycles. The number of carbonyl (C=O) groups excluding carboxylic acids is 2. The van der Waals surface area contributed by atoms with Gasteiger partial charge in [-0.15, -0.1) is 0 Å². The number of anilines is 1. The number of rotatable bonds is 6. The van der Waals surface area contributed by atoms with E-state index in [4.69, 9.17) is 21.1 Å². The number of likely N-dealkylation sites (N-methyl/N-ethyl adjacent to an activating group) is 1. The molecule has 7 heteroatoms. The number of nitrogens with zero attached hydrogens (tertiary/aromatic N) is 1. The van der Waals surface area contributed by atoms with Gasteiger partial charge in [-0.1, -0.05) is 29.3 Å². The van der Waals surface area contributed by atoms with Gasteiger partial charge in [-0.05, 0) is 31.2 Å². The fraction of sp³-hybridized carbons (Fsp3) is 0.263. The van der Waals surface area contributed by atoms with E-state index in [1.165, 1.54) is 31.3 Å². The molecule has 0 atom stereocenters. The topological polar surface area (TPSA) is 67.9 Å². The van der Waals surface area contributed by atoms with Crippen molar-refractivity contribution in [1.29, 1.82) is 0 Å². The number of hydrogen-bond acceptors (Lipinski definition) is 4. The van der Waals surface area contributed by atoms with Gasteiger partial charge in [-0.3, -0.25) is 9.59 Å². The third-order valence-electron chi connectivity index (χ3n) is 3.74. The van der Waals surface area contributed by atoms with Crippen molar-refractivity contribution >= 4 is 29.1 Å². The summed E-state index contributed by atoms with van der Waals surface area (Å²) < 4.78 is 10.4. The zero-order valence-electron chi connectivity index (χ0n) is 15.1. The van der Waals surface area contributed by atoms with E-state index in [1.807, 2.05) is 31.2 Å².